The van der Waals surface area contributed by atoms with Gasteiger partial charge in [-0.3, -0.25) is 4.79 Å². The summed E-state index contributed by atoms with van der Waals surface area (Å²) in [7, 11) is -3.61. The molecule has 2 aromatic carbocycles. The largest absolute Gasteiger partial charge is 0.491 e. The van der Waals surface area contributed by atoms with Crippen molar-refractivity contribution in [2.24, 2.45) is 11.8 Å². The Morgan fingerprint density at radius 2 is 1.77 bits per heavy atom. The molecule has 0 spiro atoms. The smallest absolute Gasteiger partial charge is 0.243 e. The molecule has 2 heterocycles. The maximum absolute atomic E-state index is 13.2. The minimum atomic E-state index is -3.61. The Bertz CT molecular complexity index is 990. The van der Waals surface area contributed by atoms with Crippen LogP contribution in [0.15, 0.2) is 59.5 Å². The first-order chi connectivity index (χ1) is 14.3. The van der Waals surface area contributed by atoms with Crippen molar-refractivity contribution in [3.63, 3.8) is 0 Å². The lowest BCUT2D eigenvalue weighted by Crippen LogP contribution is -2.57. The molecule has 2 aromatic rings. The maximum atomic E-state index is 13.2. The van der Waals surface area contributed by atoms with Crippen molar-refractivity contribution >= 4 is 21.6 Å². The molecule has 160 valence electrons. The Morgan fingerprint density at radius 1 is 1.07 bits per heavy atom. The van der Waals surface area contributed by atoms with Crippen LogP contribution in [0.25, 0.3) is 0 Å². The second-order valence-electron chi connectivity index (χ2n) is 8.42. The Kier molecular flexibility index (Phi) is 5.84. The van der Waals surface area contributed by atoms with Crippen molar-refractivity contribution in [3.05, 3.63) is 54.6 Å². The number of carbonyl (C=O) groups is 1. The van der Waals surface area contributed by atoms with E-state index in [-0.39, 0.29) is 34.8 Å². The predicted molar refractivity (Wildman–Crippen MR) is 116 cm³/mol. The highest BCUT2D eigenvalue weighted by molar-refractivity contribution is 7.89. The number of hydrogen-bond acceptors (Lipinski definition) is 4. The van der Waals surface area contributed by atoms with Crippen LogP contribution in [0.4, 0.5) is 5.69 Å². The van der Waals surface area contributed by atoms with Gasteiger partial charge >= 0.3 is 0 Å². The molecular weight excluding hydrogens is 400 g/mol. The standard InChI is InChI=1S/C23H28N2O4S/c1-16(2)29-19-11-9-18(10-12-19)24-23(26)21-14-17-8-13-22(21)25(15-17)30(27,28)20-6-4-3-5-7-20/h3-7,9-12,16-17,21-22H,8,13-15H2,1-2H3,(H,24,26)/t17-,21+,22+/m0/s1. The van der Waals surface area contributed by atoms with Crippen LogP contribution in [0, 0.1) is 11.8 Å². The fourth-order valence-electron chi connectivity index (χ4n) is 4.55. The van der Waals surface area contributed by atoms with E-state index in [1.54, 1.807) is 34.6 Å². The monoisotopic (exact) mass is 428 g/mol. The molecule has 2 aliphatic heterocycles. The summed E-state index contributed by atoms with van der Waals surface area (Å²) in [4.78, 5) is 13.4. The normalized spacial score (nSPS) is 24.0. The number of benzene rings is 2. The van der Waals surface area contributed by atoms with E-state index in [0.29, 0.717) is 12.2 Å². The number of fused-ring (bicyclic) bond motifs is 3. The lowest BCUT2D eigenvalue weighted by molar-refractivity contribution is -0.125. The van der Waals surface area contributed by atoms with Gasteiger partial charge in [0.1, 0.15) is 5.75 Å². The summed E-state index contributed by atoms with van der Waals surface area (Å²) in [6.07, 6.45) is 2.50. The fourth-order valence-corrected chi connectivity index (χ4v) is 6.34. The molecule has 0 aromatic heterocycles. The average molecular weight is 429 g/mol. The number of carbonyl (C=O) groups excluding carboxylic acids is 1. The molecule has 1 aliphatic carbocycles. The van der Waals surface area contributed by atoms with E-state index in [0.717, 1.165) is 25.0 Å². The van der Waals surface area contributed by atoms with Crippen LogP contribution in [0.3, 0.4) is 0 Å². The van der Waals surface area contributed by atoms with Crippen molar-refractivity contribution in [2.75, 3.05) is 11.9 Å². The fraction of sp³-hybridized carbons (Fsp3) is 0.435. The Balaban J connectivity index is 1.50. The molecule has 3 fully saturated rings. The van der Waals surface area contributed by atoms with Crippen LogP contribution in [0.1, 0.15) is 33.1 Å². The van der Waals surface area contributed by atoms with Crippen molar-refractivity contribution in [3.8, 4) is 5.75 Å². The third-order valence-corrected chi connectivity index (χ3v) is 7.82. The molecule has 3 atom stereocenters. The summed E-state index contributed by atoms with van der Waals surface area (Å²) >= 11 is 0. The second-order valence-corrected chi connectivity index (χ2v) is 10.3. The van der Waals surface area contributed by atoms with Crippen molar-refractivity contribution in [2.45, 2.75) is 50.2 Å². The van der Waals surface area contributed by atoms with E-state index in [2.05, 4.69) is 5.32 Å². The highest BCUT2D eigenvalue weighted by atomic mass is 32.2. The molecule has 6 nitrogen and oxygen atoms in total. The van der Waals surface area contributed by atoms with Crippen molar-refractivity contribution in [1.29, 1.82) is 0 Å². The SMILES string of the molecule is CC(C)Oc1ccc(NC(=O)[C@@H]2C[C@@H]3CC[C@H]2N(S(=O)(=O)c2ccccc2)C3)cc1. The summed E-state index contributed by atoms with van der Waals surface area (Å²) in [5, 5.41) is 2.97. The van der Waals surface area contributed by atoms with Crippen LogP contribution >= 0.6 is 0 Å². The number of anilines is 1. The van der Waals surface area contributed by atoms with Crippen molar-refractivity contribution in [1.82, 2.24) is 4.31 Å². The summed E-state index contributed by atoms with van der Waals surface area (Å²) in [6.45, 7) is 4.42. The molecule has 2 saturated heterocycles. The van der Waals surface area contributed by atoms with E-state index in [1.807, 2.05) is 38.1 Å². The van der Waals surface area contributed by atoms with Crippen LogP contribution in [-0.4, -0.2) is 37.3 Å². The van der Waals surface area contributed by atoms with E-state index >= 15 is 0 Å². The zero-order valence-corrected chi connectivity index (χ0v) is 18.1. The van der Waals surface area contributed by atoms with Gasteiger partial charge in [-0.05, 0) is 75.4 Å². The summed E-state index contributed by atoms with van der Waals surface area (Å²) in [5.74, 6) is 0.503. The maximum Gasteiger partial charge on any atom is 0.243 e. The summed E-state index contributed by atoms with van der Waals surface area (Å²) in [5.41, 5.74) is 0.690. The number of nitrogens with zero attached hydrogens (tertiary/aromatic N) is 1. The van der Waals surface area contributed by atoms with E-state index < -0.39 is 10.0 Å². The molecule has 1 saturated carbocycles. The molecule has 2 bridgehead atoms. The Hall–Kier alpha value is -2.38. The minimum Gasteiger partial charge on any atom is -0.491 e. The Labute approximate surface area is 178 Å². The molecule has 0 unspecified atom stereocenters. The van der Waals surface area contributed by atoms with E-state index in [4.69, 9.17) is 4.74 Å². The average Bonchev–Trinajstić information content (AvgIpc) is 2.75. The highest BCUT2D eigenvalue weighted by Crippen LogP contribution is 2.42. The lowest BCUT2D eigenvalue weighted by atomic mass is 9.73. The van der Waals surface area contributed by atoms with Gasteiger partial charge in [-0.15, -0.1) is 0 Å². The number of sulfonamides is 1. The Morgan fingerprint density at radius 3 is 2.40 bits per heavy atom. The first-order valence-corrected chi connectivity index (χ1v) is 11.9. The van der Waals surface area contributed by atoms with Gasteiger partial charge in [0.25, 0.3) is 0 Å². The van der Waals surface area contributed by atoms with Gasteiger partial charge in [0.2, 0.25) is 15.9 Å². The molecule has 30 heavy (non-hydrogen) atoms. The zero-order chi connectivity index (χ0) is 21.3. The van der Waals surface area contributed by atoms with Gasteiger partial charge in [-0.2, -0.15) is 4.31 Å². The first kappa shape index (κ1) is 20.9. The van der Waals surface area contributed by atoms with Crippen LogP contribution in [0.5, 0.6) is 5.75 Å². The van der Waals surface area contributed by atoms with Gasteiger partial charge < -0.3 is 10.1 Å². The number of piperidine rings is 2. The third kappa shape index (κ3) is 4.23. The topological polar surface area (TPSA) is 75.7 Å². The highest BCUT2D eigenvalue weighted by Gasteiger charge is 2.48. The van der Waals surface area contributed by atoms with Gasteiger partial charge in [-0.25, -0.2) is 8.42 Å². The number of nitrogens with one attached hydrogen (secondary N) is 1. The molecule has 1 N–H and O–H groups in total. The molecule has 3 aliphatic rings. The van der Waals surface area contributed by atoms with E-state index in [1.165, 1.54) is 0 Å². The van der Waals surface area contributed by atoms with Gasteiger partial charge in [0.15, 0.2) is 0 Å². The number of rotatable bonds is 6. The zero-order valence-electron chi connectivity index (χ0n) is 17.3. The molecule has 7 heteroatoms. The summed E-state index contributed by atoms with van der Waals surface area (Å²) < 4.78 is 33.6. The van der Waals surface area contributed by atoms with Gasteiger partial charge in [-0.1, -0.05) is 18.2 Å². The first-order valence-electron chi connectivity index (χ1n) is 10.5. The summed E-state index contributed by atoms with van der Waals surface area (Å²) in [6, 6.07) is 15.5. The van der Waals surface area contributed by atoms with Crippen molar-refractivity contribution < 1.29 is 17.9 Å². The lowest BCUT2D eigenvalue weighted by Gasteiger charge is -2.48. The number of ether oxygens (including phenoxy) is 1. The third-order valence-electron chi connectivity index (χ3n) is 5.91. The second kappa shape index (κ2) is 8.40. The minimum absolute atomic E-state index is 0.0841. The number of hydrogen-bond donors (Lipinski definition) is 1. The molecular formula is C23H28N2O4S. The number of amides is 1. The molecule has 0 radical (unpaired) electrons. The predicted octanol–water partition coefficient (Wildman–Crippen LogP) is 3.90. The quantitative estimate of drug-likeness (QED) is 0.757. The van der Waals surface area contributed by atoms with Crippen LogP contribution in [-0.2, 0) is 14.8 Å². The van der Waals surface area contributed by atoms with Gasteiger partial charge in [0.05, 0.1) is 16.9 Å². The molecule has 5 rings (SSSR count). The van der Waals surface area contributed by atoms with E-state index in [9.17, 15) is 13.2 Å². The van der Waals surface area contributed by atoms with Crippen LogP contribution in [0.2, 0.25) is 0 Å². The van der Waals surface area contributed by atoms with Crippen LogP contribution < -0.4 is 10.1 Å². The molecule has 1 amide bonds. The van der Waals surface area contributed by atoms with Gasteiger partial charge in [0, 0.05) is 18.3 Å².